The van der Waals surface area contributed by atoms with Crippen molar-refractivity contribution in [3.63, 3.8) is 0 Å². The summed E-state index contributed by atoms with van der Waals surface area (Å²) in [5, 5.41) is 10.6. The topological polar surface area (TPSA) is 66.4 Å². The molecule has 0 heterocycles. The molecule has 3 aromatic rings. The van der Waals surface area contributed by atoms with Crippen LogP contribution in [0.15, 0.2) is 59.5 Å². The van der Waals surface area contributed by atoms with Crippen molar-refractivity contribution in [3.05, 3.63) is 65.2 Å². The van der Waals surface area contributed by atoms with Gasteiger partial charge >= 0.3 is 6.18 Å². The minimum atomic E-state index is -4.67. The number of halogens is 4. The maximum absolute atomic E-state index is 12.8. The third-order valence-electron chi connectivity index (χ3n) is 3.69. The molecule has 0 amide bonds. The Morgan fingerprint density at radius 1 is 0.962 bits per heavy atom. The highest BCUT2D eigenvalue weighted by Crippen LogP contribution is 2.38. The summed E-state index contributed by atoms with van der Waals surface area (Å²) < 4.78 is 65.8. The molecule has 0 aliphatic heterocycles. The molecule has 0 spiro atoms. The van der Waals surface area contributed by atoms with Crippen LogP contribution in [0.25, 0.3) is 10.8 Å². The first-order valence-electron chi connectivity index (χ1n) is 7.20. The van der Waals surface area contributed by atoms with Gasteiger partial charge in [0.15, 0.2) is 0 Å². The molecular weight excluding hydrogens is 391 g/mol. The van der Waals surface area contributed by atoms with Crippen molar-refractivity contribution in [1.29, 1.82) is 0 Å². The summed E-state index contributed by atoms with van der Waals surface area (Å²) in [6.45, 7) is 0. The highest BCUT2D eigenvalue weighted by Gasteiger charge is 2.31. The van der Waals surface area contributed by atoms with E-state index in [1.807, 2.05) is 0 Å². The predicted molar refractivity (Wildman–Crippen MR) is 92.9 cm³/mol. The smallest absolute Gasteiger partial charge is 0.416 e. The molecule has 0 aliphatic carbocycles. The maximum Gasteiger partial charge on any atom is 0.416 e. The number of fused-ring (bicyclic) bond motifs is 1. The molecule has 0 aromatic heterocycles. The Morgan fingerprint density at radius 2 is 1.62 bits per heavy atom. The first-order valence-corrected chi connectivity index (χ1v) is 9.06. The summed E-state index contributed by atoms with van der Waals surface area (Å²) in [4.78, 5) is -0.541. The second-order valence-electron chi connectivity index (χ2n) is 5.43. The number of aromatic hydroxyl groups is 1. The predicted octanol–water partition coefficient (Wildman–Crippen LogP) is 5.02. The van der Waals surface area contributed by atoms with Crippen LogP contribution < -0.4 is 4.72 Å². The van der Waals surface area contributed by atoms with Gasteiger partial charge in [0, 0.05) is 10.8 Å². The monoisotopic (exact) mass is 401 g/mol. The summed E-state index contributed by atoms with van der Waals surface area (Å²) >= 11 is 5.92. The summed E-state index contributed by atoms with van der Waals surface area (Å²) in [5.41, 5.74) is -1.03. The van der Waals surface area contributed by atoms with E-state index in [0.717, 1.165) is 18.2 Å². The standard InChI is InChI=1S/C17H11ClF3NO3S/c18-14-9-15(12-6-1-2-7-13(12)16(14)23)22-26(24,25)11-5-3-4-10(8-11)17(19,20)21/h1-9,22-23H. The van der Waals surface area contributed by atoms with Crippen LogP contribution in [0.2, 0.25) is 5.02 Å². The molecular formula is C17H11ClF3NO3S. The lowest BCUT2D eigenvalue weighted by Gasteiger charge is -2.14. The fraction of sp³-hybridized carbons (Fsp3) is 0.0588. The average Bonchev–Trinajstić information content (AvgIpc) is 2.59. The van der Waals surface area contributed by atoms with Crippen LogP contribution >= 0.6 is 11.6 Å². The number of nitrogens with one attached hydrogen (secondary N) is 1. The Hall–Kier alpha value is -2.45. The summed E-state index contributed by atoms with van der Waals surface area (Å²) in [7, 11) is -4.31. The quantitative estimate of drug-likeness (QED) is 0.606. The molecule has 0 unspecified atom stereocenters. The van der Waals surface area contributed by atoms with Gasteiger partial charge in [0.1, 0.15) is 5.75 Å². The molecule has 0 aliphatic rings. The Kier molecular flexibility index (Phi) is 4.49. The SMILES string of the molecule is O=S(=O)(Nc1cc(Cl)c(O)c2ccccc12)c1cccc(C(F)(F)F)c1. The summed E-state index contributed by atoms with van der Waals surface area (Å²) in [6, 6.07) is 10.9. The molecule has 3 rings (SSSR count). The molecule has 0 saturated carbocycles. The van der Waals surface area contributed by atoms with Crippen molar-refractivity contribution in [2.75, 3.05) is 4.72 Å². The third-order valence-corrected chi connectivity index (χ3v) is 5.34. The number of hydrogen-bond donors (Lipinski definition) is 2. The molecule has 2 N–H and O–H groups in total. The Labute approximate surface area is 151 Å². The second-order valence-corrected chi connectivity index (χ2v) is 7.52. The van der Waals surface area contributed by atoms with Crippen LogP contribution in [-0.2, 0) is 16.2 Å². The van der Waals surface area contributed by atoms with E-state index in [4.69, 9.17) is 11.6 Å². The molecule has 136 valence electrons. The number of phenols is 1. The molecule has 0 radical (unpaired) electrons. The van der Waals surface area contributed by atoms with Crippen LogP contribution in [0.3, 0.4) is 0 Å². The van der Waals surface area contributed by atoms with Crippen molar-refractivity contribution in [1.82, 2.24) is 0 Å². The molecule has 0 fully saturated rings. The molecule has 3 aromatic carbocycles. The third kappa shape index (κ3) is 3.42. The van der Waals surface area contributed by atoms with Crippen molar-refractivity contribution in [3.8, 4) is 5.75 Å². The number of phenolic OH excluding ortho intramolecular Hbond substituents is 1. The van der Waals surface area contributed by atoms with Gasteiger partial charge in [-0.3, -0.25) is 4.72 Å². The minimum Gasteiger partial charge on any atom is -0.506 e. The number of hydrogen-bond acceptors (Lipinski definition) is 3. The van der Waals surface area contributed by atoms with Gasteiger partial charge in [0.05, 0.1) is 21.2 Å². The van der Waals surface area contributed by atoms with Gasteiger partial charge in [-0.1, -0.05) is 41.9 Å². The largest absolute Gasteiger partial charge is 0.506 e. The normalized spacial score (nSPS) is 12.3. The molecule has 0 atom stereocenters. The maximum atomic E-state index is 12.8. The summed E-state index contributed by atoms with van der Waals surface area (Å²) in [6.07, 6.45) is -4.67. The van der Waals surface area contributed by atoms with Crippen LogP contribution in [0.4, 0.5) is 18.9 Å². The first-order chi connectivity index (χ1) is 12.1. The van der Waals surface area contributed by atoms with Gasteiger partial charge in [-0.25, -0.2) is 8.42 Å². The Balaban J connectivity index is 2.09. The molecule has 4 nitrogen and oxygen atoms in total. The number of benzene rings is 3. The van der Waals surface area contributed by atoms with Gasteiger partial charge in [-0.2, -0.15) is 13.2 Å². The zero-order valence-electron chi connectivity index (χ0n) is 12.9. The van der Waals surface area contributed by atoms with Gasteiger partial charge in [-0.15, -0.1) is 0 Å². The lowest BCUT2D eigenvalue weighted by molar-refractivity contribution is -0.137. The second kappa shape index (κ2) is 6.37. The first kappa shape index (κ1) is 18.3. The van der Waals surface area contributed by atoms with E-state index in [9.17, 15) is 26.7 Å². The molecule has 0 bridgehead atoms. The van der Waals surface area contributed by atoms with Crippen LogP contribution in [0, 0.1) is 0 Å². The van der Waals surface area contributed by atoms with Crippen LogP contribution in [0.1, 0.15) is 5.56 Å². The Bertz CT molecular complexity index is 1100. The van der Waals surface area contributed by atoms with Crippen molar-refractivity contribution >= 4 is 38.1 Å². The zero-order valence-corrected chi connectivity index (χ0v) is 14.5. The van der Waals surface area contributed by atoms with E-state index in [-0.39, 0.29) is 16.5 Å². The van der Waals surface area contributed by atoms with Crippen LogP contribution in [0.5, 0.6) is 5.75 Å². The fourth-order valence-electron chi connectivity index (χ4n) is 2.45. The molecule has 9 heteroatoms. The fourth-order valence-corrected chi connectivity index (χ4v) is 3.78. The van der Waals surface area contributed by atoms with E-state index in [0.29, 0.717) is 16.8 Å². The van der Waals surface area contributed by atoms with Crippen molar-refractivity contribution in [2.24, 2.45) is 0 Å². The van der Waals surface area contributed by atoms with E-state index < -0.39 is 26.7 Å². The van der Waals surface area contributed by atoms with E-state index >= 15 is 0 Å². The summed E-state index contributed by atoms with van der Waals surface area (Å²) in [5.74, 6) is -0.218. The molecule has 0 saturated heterocycles. The van der Waals surface area contributed by atoms with Crippen molar-refractivity contribution < 1.29 is 26.7 Å². The number of alkyl halides is 3. The Morgan fingerprint density at radius 3 is 2.27 bits per heavy atom. The lowest BCUT2D eigenvalue weighted by atomic mass is 10.1. The molecule has 26 heavy (non-hydrogen) atoms. The van der Waals surface area contributed by atoms with Gasteiger partial charge < -0.3 is 5.11 Å². The van der Waals surface area contributed by atoms with E-state index in [1.54, 1.807) is 24.3 Å². The van der Waals surface area contributed by atoms with E-state index in [2.05, 4.69) is 4.72 Å². The van der Waals surface area contributed by atoms with Gasteiger partial charge in [0.25, 0.3) is 10.0 Å². The zero-order chi connectivity index (χ0) is 19.1. The van der Waals surface area contributed by atoms with Crippen LogP contribution in [-0.4, -0.2) is 13.5 Å². The van der Waals surface area contributed by atoms with Crippen molar-refractivity contribution in [2.45, 2.75) is 11.1 Å². The minimum absolute atomic E-state index is 0.0424. The van der Waals surface area contributed by atoms with Gasteiger partial charge in [0.2, 0.25) is 0 Å². The average molecular weight is 402 g/mol. The van der Waals surface area contributed by atoms with Gasteiger partial charge in [-0.05, 0) is 24.3 Å². The van der Waals surface area contributed by atoms with E-state index in [1.165, 1.54) is 6.07 Å². The number of sulfonamides is 1. The highest BCUT2D eigenvalue weighted by atomic mass is 35.5. The highest BCUT2D eigenvalue weighted by molar-refractivity contribution is 7.92. The number of anilines is 1. The lowest BCUT2D eigenvalue weighted by Crippen LogP contribution is -2.15. The number of rotatable bonds is 3.